The third-order valence-electron chi connectivity index (χ3n) is 5.17. The molecule has 2 unspecified atom stereocenters. The van der Waals surface area contributed by atoms with E-state index in [1.807, 2.05) is 30.3 Å². The van der Waals surface area contributed by atoms with Gasteiger partial charge in [0.25, 0.3) is 0 Å². The lowest BCUT2D eigenvalue weighted by atomic mass is 9.95. The summed E-state index contributed by atoms with van der Waals surface area (Å²) in [7, 11) is 0. The molecule has 1 aromatic rings. The number of benzene rings is 1. The molecule has 2 aliphatic heterocycles. The second-order valence-electron chi connectivity index (χ2n) is 7.36. The molecule has 0 aliphatic carbocycles. The van der Waals surface area contributed by atoms with Gasteiger partial charge in [0.1, 0.15) is 0 Å². The van der Waals surface area contributed by atoms with Crippen molar-refractivity contribution in [1.82, 2.24) is 9.80 Å². The molecule has 7 nitrogen and oxygen atoms in total. The Morgan fingerprint density at radius 1 is 1.11 bits per heavy atom. The lowest BCUT2D eigenvalue weighted by Crippen LogP contribution is -2.55. The van der Waals surface area contributed by atoms with Gasteiger partial charge < -0.3 is 19.6 Å². The minimum Gasteiger partial charge on any atom is -0.479 e. The van der Waals surface area contributed by atoms with Gasteiger partial charge in [0, 0.05) is 19.6 Å². The summed E-state index contributed by atoms with van der Waals surface area (Å²) in [5, 5.41) is 9.21. The number of likely N-dealkylation sites (tertiary alicyclic amines) is 1. The number of carboxylic acids is 1. The fourth-order valence-electron chi connectivity index (χ4n) is 3.81. The van der Waals surface area contributed by atoms with E-state index in [2.05, 4.69) is 0 Å². The van der Waals surface area contributed by atoms with Crippen molar-refractivity contribution in [2.24, 2.45) is 5.92 Å². The Hall–Kier alpha value is -2.41. The Labute approximate surface area is 158 Å². The van der Waals surface area contributed by atoms with E-state index >= 15 is 0 Å². The van der Waals surface area contributed by atoms with Crippen LogP contribution in [0.25, 0.3) is 0 Å². The topological polar surface area (TPSA) is 87.2 Å². The van der Waals surface area contributed by atoms with E-state index in [-0.39, 0.29) is 30.4 Å². The van der Waals surface area contributed by atoms with Crippen molar-refractivity contribution in [3.63, 3.8) is 0 Å². The second-order valence-corrected chi connectivity index (χ2v) is 7.36. The summed E-state index contributed by atoms with van der Waals surface area (Å²) in [6.07, 6.45) is 0.522. The molecule has 1 N–H and O–H groups in total. The predicted molar refractivity (Wildman–Crippen MR) is 98.0 cm³/mol. The molecule has 2 saturated heterocycles. The molecule has 0 aromatic heterocycles. The van der Waals surface area contributed by atoms with E-state index < -0.39 is 12.1 Å². The fraction of sp³-hybridized carbons (Fsp3) is 0.550. The Morgan fingerprint density at radius 3 is 2.56 bits per heavy atom. The van der Waals surface area contributed by atoms with Gasteiger partial charge in [-0.05, 0) is 25.3 Å². The first-order valence-electron chi connectivity index (χ1n) is 9.42. The first kappa shape index (κ1) is 19.4. The maximum atomic E-state index is 12.9. The van der Waals surface area contributed by atoms with Crippen LogP contribution in [0.1, 0.15) is 25.3 Å². The van der Waals surface area contributed by atoms with Gasteiger partial charge in [-0.15, -0.1) is 0 Å². The van der Waals surface area contributed by atoms with Crippen LogP contribution in [0.15, 0.2) is 30.3 Å². The molecule has 2 heterocycles. The van der Waals surface area contributed by atoms with Crippen molar-refractivity contribution in [2.45, 2.75) is 38.4 Å². The maximum Gasteiger partial charge on any atom is 0.334 e. The summed E-state index contributed by atoms with van der Waals surface area (Å²) in [6.45, 7) is 3.27. The van der Waals surface area contributed by atoms with Crippen LogP contribution in [0.2, 0.25) is 0 Å². The number of amides is 2. The van der Waals surface area contributed by atoms with Gasteiger partial charge in [0.05, 0.1) is 25.0 Å². The zero-order valence-electron chi connectivity index (χ0n) is 15.5. The number of rotatable bonds is 4. The molecule has 0 radical (unpaired) electrons. The van der Waals surface area contributed by atoms with Crippen LogP contribution >= 0.6 is 0 Å². The first-order valence-corrected chi connectivity index (χ1v) is 9.42. The van der Waals surface area contributed by atoms with Gasteiger partial charge in [-0.25, -0.2) is 4.79 Å². The first-order chi connectivity index (χ1) is 12.9. The van der Waals surface area contributed by atoms with Crippen molar-refractivity contribution in [1.29, 1.82) is 0 Å². The predicted octanol–water partition coefficient (Wildman–Crippen LogP) is 1.17. The molecule has 27 heavy (non-hydrogen) atoms. The highest BCUT2D eigenvalue weighted by Gasteiger charge is 2.37. The van der Waals surface area contributed by atoms with E-state index in [1.54, 1.807) is 16.7 Å². The molecular weight excluding hydrogens is 348 g/mol. The molecule has 1 aromatic carbocycles. The summed E-state index contributed by atoms with van der Waals surface area (Å²) in [5.74, 6) is -1.38. The summed E-state index contributed by atoms with van der Waals surface area (Å²) in [6, 6.07) is 9.57. The van der Waals surface area contributed by atoms with E-state index in [0.717, 1.165) is 18.4 Å². The lowest BCUT2D eigenvalue weighted by Gasteiger charge is -2.39. The SMILES string of the molecule is C[C@@H]1CN(C(=O)C2CCCN(C(=O)Cc3ccccc3)C2)CC(C(=O)O)O1. The van der Waals surface area contributed by atoms with Gasteiger partial charge in [0.2, 0.25) is 11.8 Å². The number of piperidine rings is 1. The van der Waals surface area contributed by atoms with Crippen LogP contribution in [-0.2, 0) is 25.5 Å². The molecule has 3 atom stereocenters. The molecular formula is C20H26N2O5. The smallest absolute Gasteiger partial charge is 0.334 e. The van der Waals surface area contributed by atoms with Gasteiger partial charge in [-0.2, -0.15) is 0 Å². The lowest BCUT2D eigenvalue weighted by molar-refractivity contribution is -0.168. The maximum absolute atomic E-state index is 12.9. The summed E-state index contributed by atoms with van der Waals surface area (Å²) in [5.41, 5.74) is 0.960. The average Bonchev–Trinajstić information content (AvgIpc) is 2.67. The summed E-state index contributed by atoms with van der Waals surface area (Å²) < 4.78 is 5.38. The van der Waals surface area contributed by atoms with E-state index in [1.165, 1.54) is 0 Å². The van der Waals surface area contributed by atoms with E-state index in [4.69, 9.17) is 4.74 Å². The highest BCUT2D eigenvalue weighted by atomic mass is 16.5. The molecule has 7 heteroatoms. The molecule has 0 spiro atoms. The van der Waals surface area contributed by atoms with Crippen molar-refractivity contribution < 1.29 is 24.2 Å². The zero-order valence-corrected chi connectivity index (χ0v) is 15.5. The van der Waals surface area contributed by atoms with Gasteiger partial charge in [-0.1, -0.05) is 30.3 Å². The number of hydrogen-bond acceptors (Lipinski definition) is 4. The number of carbonyl (C=O) groups excluding carboxylic acids is 2. The standard InChI is InChI=1S/C20H26N2O5/c1-14-11-22(13-17(27-14)20(25)26)19(24)16-8-5-9-21(12-16)18(23)10-15-6-3-2-4-7-15/h2-4,6-7,14,16-17H,5,8-13H2,1H3,(H,25,26)/t14-,16?,17?/m1/s1. The molecule has 0 bridgehead atoms. The normalized spacial score (nSPS) is 25.9. The van der Waals surface area contributed by atoms with Crippen molar-refractivity contribution >= 4 is 17.8 Å². The largest absolute Gasteiger partial charge is 0.479 e. The van der Waals surface area contributed by atoms with Crippen LogP contribution in [0, 0.1) is 5.92 Å². The second kappa shape index (κ2) is 8.52. The number of ether oxygens (including phenoxy) is 1. The van der Waals surface area contributed by atoms with Crippen molar-refractivity contribution in [2.75, 3.05) is 26.2 Å². The Balaban J connectivity index is 1.60. The highest BCUT2D eigenvalue weighted by Crippen LogP contribution is 2.22. The van der Waals surface area contributed by atoms with Gasteiger partial charge in [-0.3, -0.25) is 9.59 Å². The monoisotopic (exact) mass is 374 g/mol. The van der Waals surface area contributed by atoms with Crippen LogP contribution in [0.5, 0.6) is 0 Å². The Bertz CT molecular complexity index is 693. The van der Waals surface area contributed by atoms with Crippen molar-refractivity contribution in [3.8, 4) is 0 Å². The van der Waals surface area contributed by atoms with Crippen molar-refractivity contribution in [3.05, 3.63) is 35.9 Å². The number of morpholine rings is 1. The number of carbonyl (C=O) groups is 3. The molecule has 2 amide bonds. The third-order valence-corrected chi connectivity index (χ3v) is 5.17. The van der Waals surface area contributed by atoms with Crippen LogP contribution < -0.4 is 0 Å². The van der Waals surface area contributed by atoms with Crippen LogP contribution in [0.3, 0.4) is 0 Å². The van der Waals surface area contributed by atoms with Crippen LogP contribution in [-0.4, -0.2) is 71.1 Å². The quantitative estimate of drug-likeness (QED) is 0.855. The number of aliphatic carboxylic acids is 1. The molecule has 146 valence electrons. The molecule has 0 saturated carbocycles. The van der Waals surface area contributed by atoms with Crippen LogP contribution in [0.4, 0.5) is 0 Å². The number of carboxylic acid groups (broad SMARTS) is 1. The average molecular weight is 374 g/mol. The Kier molecular flexibility index (Phi) is 6.11. The zero-order chi connectivity index (χ0) is 19.4. The summed E-state index contributed by atoms with van der Waals surface area (Å²) >= 11 is 0. The number of nitrogens with zero attached hydrogens (tertiary/aromatic N) is 2. The fourth-order valence-corrected chi connectivity index (χ4v) is 3.81. The minimum atomic E-state index is -1.05. The minimum absolute atomic E-state index is 0.0254. The molecule has 3 rings (SSSR count). The van der Waals surface area contributed by atoms with E-state index in [0.29, 0.717) is 26.1 Å². The molecule has 2 fully saturated rings. The highest BCUT2D eigenvalue weighted by molar-refractivity contribution is 5.83. The summed E-state index contributed by atoms with van der Waals surface area (Å²) in [4.78, 5) is 40.1. The Morgan fingerprint density at radius 2 is 1.85 bits per heavy atom. The molecule has 2 aliphatic rings. The van der Waals surface area contributed by atoms with Gasteiger partial charge >= 0.3 is 5.97 Å². The van der Waals surface area contributed by atoms with E-state index in [9.17, 15) is 19.5 Å². The van der Waals surface area contributed by atoms with Gasteiger partial charge in [0.15, 0.2) is 6.10 Å². The third kappa shape index (κ3) is 4.86. The number of hydrogen-bond donors (Lipinski definition) is 1.